The predicted molar refractivity (Wildman–Crippen MR) is 72.0 cm³/mol. The highest BCUT2D eigenvalue weighted by atomic mass is 32.2. The topological polar surface area (TPSA) is 71.8 Å². The average molecular weight is 262 g/mol. The van der Waals surface area contributed by atoms with Crippen LogP contribution >= 0.6 is 11.8 Å². The van der Waals surface area contributed by atoms with Crippen molar-refractivity contribution in [1.82, 2.24) is 0 Å². The lowest BCUT2D eigenvalue weighted by Gasteiger charge is -2.03. The van der Waals surface area contributed by atoms with Crippen LogP contribution in [0.15, 0.2) is 51.1 Å². The first-order chi connectivity index (χ1) is 8.70. The van der Waals surface area contributed by atoms with E-state index in [0.717, 1.165) is 16.4 Å². The van der Waals surface area contributed by atoms with E-state index in [1.54, 1.807) is 18.0 Å². The third-order valence-corrected chi connectivity index (χ3v) is 3.78. The molecule has 0 fully saturated rings. The lowest BCUT2D eigenvalue weighted by Crippen LogP contribution is -2.12. The number of amidine groups is 1. The Morgan fingerprint density at radius 3 is 2.61 bits per heavy atom. The average Bonchev–Trinajstić information content (AvgIpc) is 2.81. The Labute approximate surface area is 109 Å². The number of nitrogens with two attached hydrogens (primary N) is 1. The number of thioether (sulfide) groups is 1. The van der Waals surface area contributed by atoms with Gasteiger partial charge in [-0.15, -0.1) is 11.8 Å². The zero-order valence-corrected chi connectivity index (χ0v) is 10.8. The van der Waals surface area contributed by atoms with Crippen LogP contribution < -0.4 is 5.73 Å². The number of hydrogen-bond acceptors (Lipinski definition) is 4. The Hall–Kier alpha value is -1.88. The van der Waals surface area contributed by atoms with Gasteiger partial charge in [0.2, 0.25) is 0 Å². The van der Waals surface area contributed by atoms with Crippen molar-refractivity contribution in [3.63, 3.8) is 0 Å². The third kappa shape index (κ3) is 2.87. The molecule has 0 saturated heterocycles. The number of rotatable bonds is 4. The lowest BCUT2D eigenvalue weighted by atomic mass is 10.1. The Kier molecular flexibility index (Phi) is 3.94. The summed E-state index contributed by atoms with van der Waals surface area (Å²) in [5.74, 6) is 1.92. The second-order valence-electron chi connectivity index (χ2n) is 3.81. The first-order valence-electron chi connectivity index (χ1n) is 5.44. The van der Waals surface area contributed by atoms with Crippen molar-refractivity contribution in [3.8, 4) is 0 Å². The molecule has 0 aliphatic carbocycles. The Morgan fingerprint density at radius 1 is 1.33 bits per heavy atom. The van der Waals surface area contributed by atoms with E-state index in [4.69, 9.17) is 15.4 Å². The first kappa shape index (κ1) is 12.6. The molecule has 4 nitrogen and oxygen atoms in total. The standard InChI is InChI=1S/C13H14N2O2S/c1-9-12(6-7-17-9)18-8-10-2-4-11(5-3-10)13(14)15-16/h2-7,16H,8H2,1H3,(H2,14,15). The maximum absolute atomic E-state index is 8.56. The molecule has 3 N–H and O–H groups in total. The van der Waals surface area contributed by atoms with Gasteiger partial charge in [0.05, 0.1) is 6.26 Å². The van der Waals surface area contributed by atoms with Crippen LogP contribution in [0, 0.1) is 6.92 Å². The second-order valence-corrected chi connectivity index (χ2v) is 4.83. The van der Waals surface area contributed by atoms with E-state index < -0.39 is 0 Å². The fourth-order valence-corrected chi connectivity index (χ4v) is 2.43. The van der Waals surface area contributed by atoms with Gasteiger partial charge in [-0.1, -0.05) is 29.4 Å². The normalized spacial score (nSPS) is 11.7. The molecular formula is C13H14N2O2S. The van der Waals surface area contributed by atoms with Crippen molar-refractivity contribution in [2.24, 2.45) is 10.9 Å². The van der Waals surface area contributed by atoms with Crippen molar-refractivity contribution in [2.75, 3.05) is 0 Å². The van der Waals surface area contributed by atoms with Crippen LogP contribution in [-0.4, -0.2) is 11.0 Å². The van der Waals surface area contributed by atoms with Gasteiger partial charge in [0, 0.05) is 16.2 Å². The highest BCUT2D eigenvalue weighted by Crippen LogP contribution is 2.26. The van der Waals surface area contributed by atoms with Gasteiger partial charge >= 0.3 is 0 Å². The lowest BCUT2D eigenvalue weighted by molar-refractivity contribution is 0.318. The summed E-state index contributed by atoms with van der Waals surface area (Å²) < 4.78 is 5.24. The number of aryl methyl sites for hydroxylation is 1. The van der Waals surface area contributed by atoms with E-state index >= 15 is 0 Å². The smallest absolute Gasteiger partial charge is 0.170 e. The summed E-state index contributed by atoms with van der Waals surface area (Å²) >= 11 is 1.72. The van der Waals surface area contributed by atoms with Gasteiger partial charge < -0.3 is 15.4 Å². The van der Waals surface area contributed by atoms with Gasteiger partial charge in [0.1, 0.15) is 5.76 Å². The van der Waals surface area contributed by atoms with Gasteiger partial charge in [-0.05, 0) is 18.6 Å². The number of furan rings is 1. The van der Waals surface area contributed by atoms with Crippen molar-refractivity contribution < 1.29 is 9.62 Å². The van der Waals surface area contributed by atoms with E-state index in [1.807, 2.05) is 37.3 Å². The quantitative estimate of drug-likeness (QED) is 0.292. The van der Waals surface area contributed by atoms with E-state index in [-0.39, 0.29) is 5.84 Å². The zero-order chi connectivity index (χ0) is 13.0. The van der Waals surface area contributed by atoms with Gasteiger partial charge in [0.25, 0.3) is 0 Å². The van der Waals surface area contributed by atoms with E-state index in [9.17, 15) is 0 Å². The van der Waals surface area contributed by atoms with Crippen molar-refractivity contribution in [2.45, 2.75) is 17.6 Å². The molecule has 0 amide bonds. The molecule has 0 aliphatic rings. The van der Waals surface area contributed by atoms with Crippen molar-refractivity contribution >= 4 is 17.6 Å². The molecule has 0 spiro atoms. The van der Waals surface area contributed by atoms with Crippen molar-refractivity contribution in [1.29, 1.82) is 0 Å². The molecule has 2 aromatic rings. The molecule has 18 heavy (non-hydrogen) atoms. The Morgan fingerprint density at radius 2 is 2.06 bits per heavy atom. The molecule has 0 unspecified atom stereocenters. The summed E-state index contributed by atoms with van der Waals surface area (Å²) in [6, 6.07) is 9.58. The molecule has 94 valence electrons. The minimum Gasteiger partial charge on any atom is -0.468 e. The number of oxime groups is 1. The third-order valence-electron chi connectivity index (χ3n) is 2.56. The van der Waals surface area contributed by atoms with Crippen LogP contribution in [0.2, 0.25) is 0 Å². The summed E-state index contributed by atoms with van der Waals surface area (Å²) in [7, 11) is 0. The summed E-state index contributed by atoms with van der Waals surface area (Å²) in [6.45, 7) is 1.95. The summed E-state index contributed by atoms with van der Waals surface area (Å²) in [6.07, 6.45) is 1.69. The van der Waals surface area contributed by atoms with Crippen LogP contribution in [0.25, 0.3) is 0 Å². The molecule has 0 radical (unpaired) electrons. The van der Waals surface area contributed by atoms with Crippen molar-refractivity contribution in [3.05, 3.63) is 53.5 Å². The van der Waals surface area contributed by atoms with Gasteiger partial charge in [-0.3, -0.25) is 0 Å². The van der Waals surface area contributed by atoms with Crippen LogP contribution in [-0.2, 0) is 5.75 Å². The molecule has 0 aliphatic heterocycles. The van der Waals surface area contributed by atoms with E-state index in [1.165, 1.54) is 5.56 Å². The predicted octanol–water partition coefficient (Wildman–Crippen LogP) is 2.97. The summed E-state index contributed by atoms with van der Waals surface area (Å²) in [5, 5.41) is 11.5. The maximum atomic E-state index is 8.56. The van der Waals surface area contributed by atoms with Crippen LogP contribution in [0.5, 0.6) is 0 Å². The molecule has 1 aromatic heterocycles. The Balaban J connectivity index is 2.01. The molecule has 0 atom stereocenters. The largest absolute Gasteiger partial charge is 0.468 e. The van der Waals surface area contributed by atoms with Crippen LogP contribution in [0.4, 0.5) is 0 Å². The molecular weight excluding hydrogens is 248 g/mol. The summed E-state index contributed by atoms with van der Waals surface area (Å²) in [5.41, 5.74) is 7.39. The van der Waals surface area contributed by atoms with Gasteiger partial charge in [-0.25, -0.2) is 0 Å². The molecule has 1 heterocycles. The minimum absolute atomic E-state index is 0.125. The molecule has 2 rings (SSSR count). The monoisotopic (exact) mass is 262 g/mol. The van der Waals surface area contributed by atoms with E-state index in [2.05, 4.69) is 5.16 Å². The minimum atomic E-state index is 0.125. The number of hydrogen-bond donors (Lipinski definition) is 2. The maximum Gasteiger partial charge on any atom is 0.170 e. The molecule has 0 bridgehead atoms. The highest BCUT2D eigenvalue weighted by molar-refractivity contribution is 7.98. The van der Waals surface area contributed by atoms with Crippen LogP contribution in [0.3, 0.4) is 0 Å². The summed E-state index contributed by atoms with van der Waals surface area (Å²) in [4.78, 5) is 1.15. The van der Waals surface area contributed by atoms with Gasteiger partial charge in [-0.2, -0.15) is 0 Å². The molecule has 0 saturated carbocycles. The van der Waals surface area contributed by atoms with E-state index in [0.29, 0.717) is 5.56 Å². The zero-order valence-electron chi connectivity index (χ0n) is 9.96. The fourth-order valence-electron chi connectivity index (χ4n) is 1.51. The number of nitrogens with zero attached hydrogens (tertiary/aromatic N) is 1. The number of benzene rings is 1. The fraction of sp³-hybridized carbons (Fsp3) is 0.154. The van der Waals surface area contributed by atoms with Crippen LogP contribution in [0.1, 0.15) is 16.9 Å². The second kappa shape index (κ2) is 5.64. The molecule has 1 aromatic carbocycles. The molecule has 5 heteroatoms. The first-order valence-corrected chi connectivity index (χ1v) is 6.43. The highest BCUT2D eigenvalue weighted by Gasteiger charge is 2.03. The van der Waals surface area contributed by atoms with Gasteiger partial charge in [0.15, 0.2) is 5.84 Å². The Bertz CT molecular complexity index is 546. The SMILES string of the molecule is Cc1occc1SCc1ccc(/C(N)=N/O)cc1.